The average molecular weight is 368 g/mol. The van der Waals surface area contributed by atoms with Gasteiger partial charge in [0, 0.05) is 16.6 Å². The highest BCUT2D eigenvalue weighted by Crippen LogP contribution is 2.29. The summed E-state index contributed by atoms with van der Waals surface area (Å²) in [6.07, 6.45) is -4.55. The zero-order valence-electron chi connectivity index (χ0n) is 12.3. The largest absolute Gasteiger partial charge is 0.416 e. The van der Waals surface area contributed by atoms with Crippen molar-refractivity contribution >= 4 is 34.0 Å². The number of hydrogen-bond donors (Lipinski definition) is 2. The number of benzene rings is 2. The van der Waals surface area contributed by atoms with E-state index in [1.807, 2.05) is 0 Å². The van der Waals surface area contributed by atoms with Crippen LogP contribution in [-0.4, -0.2) is 16.1 Å². The highest BCUT2D eigenvalue weighted by atomic mass is 35.5. The second kappa shape index (κ2) is 6.21. The number of alkyl halides is 3. The minimum Gasteiger partial charge on any atom is -0.322 e. The lowest BCUT2D eigenvalue weighted by atomic mass is 10.1. The molecule has 0 spiro atoms. The normalized spacial score (nSPS) is 11.5. The molecule has 0 aliphatic rings. The summed E-state index contributed by atoms with van der Waals surface area (Å²) in [5, 5.41) is 8.94. The van der Waals surface area contributed by atoms with Crippen molar-refractivity contribution in [2.45, 2.75) is 6.18 Å². The zero-order valence-corrected chi connectivity index (χ0v) is 13.1. The van der Waals surface area contributed by atoms with Gasteiger partial charge in [-0.3, -0.25) is 9.59 Å². The maximum Gasteiger partial charge on any atom is 0.416 e. The summed E-state index contributed by atoms with van der Waals surface area (Å²) in [6.45, 7) is 0. The fourth-order valence-corrected chi connectivity index (χ4v) is 2.46. The van der Waals surface area contributed by atoms with Gasteiger partial charge in [-0.2, -0.15) is 18.3 Å². The molecule has 0 radical (unpaired) electrons. The number of aromatic amines is 1. The number of rotatable bonds is 2. The van der Waals surface area contributed by atoms with Gasteiger partial charge in [-0.05, 0) is 36.4 Å². The molecule has 3 aromatic rings. The molecule has 0 aliphatic carbocycles. The minimum atomic E-state index is -4.55. The van der Waals surface area contributed by atoms with E-state index in [1.165, 1.54) is 24.3 Å². The molecule has 128 valence electrons. The van der Waals surface area contributed by atoms with Crippen molar-refractivity contribution < 1.29 is 18.0 Å². The molecule has 1 amide bonds. The standard InChI is InChI=1S/C16H9ClF3N3O2/c17-13-11-5-4-10(7-12(11)15(25)23-22-13)21-14(24)8-2-1-3-9(6-8)16(18,19)20/h1-7H,(H,21,24)(H,23,25). The zero-order chi connectivity index (χ0) is 18.2. The second-order valence-electron chi connectivity index (χ2n) is 5.14. The number of anilines is 1. The first-order valence-electron chi connectivity index (χ1n) is 6.92. The molecule has 0 bridgehead atoms. The van der Waals surface area contributed by atoms with Gasteiger partial charge in [0.1, 0.15) is 0 Å². The van der Waals surface area contributed by atoms with Gasteiger partial charge in [-0.25, -0.2) is 5.10 Å². The predicted octanol–water partition coefficient (Wildman–Crippen LogP) is 3.85. The Bertz CT molecular complexity index is 1030. The molecule has 1 aromatic heterocycles. The Morgan fingerprint density at radius 3 is 2.60 bits per heavy atom. The first kappa shape index (κ1) is 17.0. The Hall–Kier alpha value is -2.87. The van der Waals surface area contributed by atoms with Crippen LogP contribution >= 0.6 is 11.6 Å². The maximum atomic E-state index is 12.7. The van der Waals surface area contributed by atoms with Crippen LogP contribution in [0, 0.1) is 0 Å². The molecule has 0 fully saturated rings. The Kier molecular flexibility index (Phi) is 4.22. The van der Waals surface area contributed by atoms with Crippen molar-refractivity contribution in [1.29, 1.82) is 0 Å². The molecule has 3 rings (SSSR count). The quantitative estimate of drug-likeness (QED) is 0.722. The monoisotopic (exact) mass is 367 g/mol. The number of fused-ring (bicyclic) bond motifs is 1. The number of H-pyrrole nitrogens is 1. The highest BCUT2D eigenvalue weighted by molar-refractivity contribution is 6.34. The number of halogens is 4. The molecule has 5 nitrogen and oxygen atoms in total. The van der Waals surface area contributed by atoms with E-state index in [1.54, 1.807) is 0 Å². The predicted molar refractivity (Wildman–Crippen MR) is 86.8 cm³/mol. The van der Waals surface area contributed by atoms with Gasteiger partial charge in [0.15, 0.2) is 5.15 Å². The SMILES string of the molecule is O=C(Nc1ccc2c(Cl)n[nH]c(=O)c2c1)c1cccc(C(F)(F)F)c1. The molecule has 9 heteroatoms. The van der Waals surface area contributed by atoms with E-state index in [4.69, 9.17) is 11.6 Å². The Labute approximate surface area is 143 Å². The maximum absolute atomic E-state index is 12.7. The lowest BCUT2D eigenvalue weighted by Gasteiger charge is -2.10. The van der Waals surface area contributed by atoms with Crippen LogP contribution in [0.4, 0.5) is 18.9 Å². The van der Waals surface area contributed by atoms with Crippen molar-refractivity contribution in [2.75, 3.05) is 5.32 Å². The molecule has 1 heterocycles. The smallest absolute Gasteiger partial charge is 0.322 e. The summed E-state index contributed by atoms with van der Waals surface area (Å²) < 4.78 is 38.2. The second-order valence-corrected chi connectivity index (χ2v) is 5.49. The Morgan fingerprint density at radius 2 is 1.88 bits per heavy atom. The van der Waals surface area contributed by atoms with Crippen LogP contribution in [0.1, 0.15) is 15.9 Å². The third-order valence-corrected chi connectivity index (χ3v) is 3.74. The van der Waals surface area contributed by atoms with Crippen LogP contribution in [0.25, 0.3) is 10.8 Å². The molecule has 2 N–H and O–H groups in total. The number of carbonyl (C=O) groups is 1. The number of nitrogens with zero attached hydrogens (tertiary/aromatic N) is 1. The van der Waals surface area contributed by atoms with E-state index >= 15 is 0 Å². The summed E-state index contributed by atoms with van der Waals surface area (Å²) in [4.78, 5) is 24.0. The molecule has 0 unspecified atom stereocenters. The van der Waals surface area contributed by atoms with E-state index in [0.717, 1.165) is 18.2 Å². The van der Waals surface area contributed by atoms with Crippen LogP contribution in [-0.2, 0) is 6.18 Å². The summed E-state index contributed by atoms with van der Waals surface area (Å²) in [5.41, 5.74) is -1.35. The van der Waals surface area contributed by atoms with Gasteiger partial charge >= 0.3 is 6.18 Å². The van der Waals surface area contributed by atoms with Crippen LogP contribution in [0.2, 0.25) is 5.15 Å². The molecular weight excluding hydrogens is 359 g/mol. The topological polar surface area (TPSA) is 74.8 Å². The fourth-order valence-electron chi connectivity index (χ4n) is 2.25. The molecule has 25 heavy (non-hydrogen) atoms. The fraction of sp³-hybridized carbons (Fsp3) is 0.0625. The van der Waals surface area contributed by atoms with E-state index in [2.05, 4.69) is 15.5 Å². The summed E-state index contributed by atoms with van der Waals surface area (Å²) >= 11 is 5.87. The first-order valence-corrected chi connectivity index (χ1v) is 7.30. The van der Waals surface area contributed by atoms with Crippen LogP contribution in [0.15, 0.2) is 47.3 Å². The van der Waals surface area contributed by atoms with Crippen molar-refractivity contribution in [1.82, 2.24) is 10.2 Å². The number of amides is 1. The van der Waals surface area contributed by atoms with E-state index in [0.29, 0.717) is 5.39 Å². The number of aromatic nitrogens is 2. The average Bonchev–Trinajstić information content (AvgIpc) is 2.58. The van der Waals surface area contributed by atoms with Gasteiger partial charge in [0.2, 0.25) is 0 Å². The lowest BCUT2D eigenvalue weighted by molar-refractivity contribution is -0.137. The summed E-state index contributed by atoms with van der Waals surface area (Å²) in [6, 6.07) is 8.37. The molecule has 0 aliphatic heterocycles. The number of hydrogen-bond acceptors (Lipinski definition) is 3. The van der Waals surface area contributed by atoms with Crippen LogP contribution in [0.3, 0.4) is 0 Å². The third kappa shape index (κ3) is 3.48. The number of carbonyl (C=O) groups excluding carboxylic acids is 1. The highest BCUT2D eigenvalue weighted by Gasteiger charge is 2.30. The van der Waals surface area contributed by atoms with Gasteiger partial charge in [-0.1, -0.05) is 17.7 Å². The molecule has 0 saturated heterocycles. The van der Waals surface area contributed by atoms with Crippen molar-refractivity contribution in [3.8, 4) is 0 Å². The van der Waals surface area contributed by atoms with E-state index < -0.39 is 23.2 Å². The van der Waals surface area contributed by atoms with Gasteiger partial charge in [-0.15, -0.1) is 0 Å². The van der Waals surface area contributed by atoms with Crippen molar-refractivity contribution in [3.63, 3.8) is 0 Å². The van der Waals surface area contributed by atoms with E-state index in [-0.39, 0.29) is 21.8 Å². The first-order chi connectivity index (χ1) is 11.8. The van der Waals surface area contributed by atoms with Crippen molar-refractivity contribution in [3.05, 3.63) is 69.1 Å². The lowest BCUT2D eigenvalue weighted by Crippen LogP contribution is -2.14. The third-order valence-electron chi connectivity index (χ3n) is 3.45. The molecular formula is C16H9ClF3N3O2. The Balaban J connectivity index is 1.93. The van der Waals surface area contributed by atoms with Gasteiger partial charge < -0.3 is 5.32 Å². The van der Waals surface area contributed by atoms with Crippen molar-refractivity contribution in [2.24, 2.45) is 0 Å². The van der Waals surface area contributed by atoms with Crippen LogP contribution < -0.4 is 10.9 Å². The minimum absolute atomic E-state index is 0.0883. The molecule has 0 atom stereocenters. The summed E-state index contributed by atoms with van der Waals surface area (Å²) in [7, 11) is 0. The Morgan fingerprint density at radius 1 is 1.12 bits per heavy atom. The number of nitrogens with one attached hydrogen (secondary N) is 2. The van der Waals surface area contributed by atoms with Gasteiger partial charge in [0.25, 0.3) is 11.5 Å². The summed E-state index contributed by atoms with van der Waals surface area (Å²) in [5.74, 6) is -0.734. The van der Waals surface area contributed by atoms with Crippen LogP contribution in [0.5, 0.6) is 0 Å². The molecule has 0 saturated carbocycles. The molecule has 2 aromatic carbocycles. The van der Waals surface area contributed by atoms with Gasteiger partial charge in [0.05, 0.1) is 10.9 Å². The van der Waals surface area contributed by atoms with E-state index in [9.17, 15) is 22.8 Å².